The maximum atomic E-state index is 12.5. The summed E-state index contributed by atoms with van der Waals surface area (Å²) in [5, 5.41) is 10.4. The number of rotatable bonds is 7. The van der Waals surface area contributed by atoms with Gasteiger partial charge in [0.25, 0.3) is 0 Å². The van der Waals surface area contributed by atoms with E-state index in [2.05, 4.69) is 0 Å². The average Bonchev–Trinajstić information content (AvgIpc) is 3.23. The SMILES string of the molecule is O=S(=O)(CCC1CC1)N1CCCC1CC(O)c1ccccc1. The van der Waals surface area contributed by atoms with Crippen molar-refractivity contribution in [2.24, 2.45) is 5.92 Å². The monoisotopic (exact) mass is 323 g/mol. The molecule has 22 heavy (non-hydrogen) atoms. The molecule has 0 aromatic heterocycles. The van der Waals surface area contributed by atoms with Gasteiger partial charge in [-0.1, -0.05) is 43.2 Å². The predicted molar refractivity (Wildman–Crippen MR) is 86.9 cm³/mol. The second-order valence-electron chi connectivity index (χ2n) is 6.62. The van der Waals surface area contributed by atoms with Crippen molar-refractivity contribution in [3.8, 4) is 0 Å². The van der Waals surface area contributed by atoms with Crippen molar-refractivity contribution in [1.82, 2.24) is 4.31 Å². The maximum absolute atomic E-state index is 12.5. The normalized spacial score (nSPS) is 24.5. The lowest BCUT2D eigenvalue weighted by molar-refractivity contribution is 0.142. The molecule has 1 N–H and O–H groups in total. The fourth-order valence-corrected chi connectivity index (χ4v) is 5.24. The molecule has 1 aromatic carbocycles. The second-order valence-corrected chi connectivity index (χ2v) is 8.66. The molecular weight excluding hydrogens is 298 g/mol. The summed E-state index contributed by atoms with van der Waals surface area (Å²) in [5.74, 6) is 0.904. The third-order valence-corrected chi connectivity index (χ3v) is 6.79. The Morgan fingerprint density at radius 1 is 1.18 bits per heavy atom. The molecule has 2 fully saturated rings. The molecule has 0 spiro atoms. The number of aliphatic hydroxyl groups excluding tert-OH is 1. The smallest absolute Gasteiger partial charge is 0.214 e. The second kappa shape index (κ2) is 6.69. The van der Waals surface area contributed by atoms with Crippen molar-refractivity contribution in [3.63, 3.8) is 0 Å². The van der Waals surface area contributed by atoms with E-state index < -0.39 is 16.1 Å². The topological polar surface area (TPSA) is 57.6 Å². The van der Waals surface area contributed by atoms with E-state index in [1.807, 2.05) is 30.3 Å². The Balaban J connectivity index is 1.62. The molecule has 1 aliphatic heterocycles. The van der Waals surface area contributed by atoms with Crippen molar-refractivity contribution in [1.29, 1.82) is 0 Å². The van der Waals surface area contributed by atoms with Crippen LogP contribution in [0.4, 0.5) is 0 Å². The summed E-state index contributed by atoms with van der Waals surface area (Å²) in [4.78, 5) is 0. The van der Waals surface area contributed by atoms with E-state index in [0.29, 0.717) is 18.9 Å². The molecule has 4 nitrogen and oxygen atoms in total. The van der Waals surface area contributed by atoms with Crippen LogP contribution in [0.3, 0.4) is 0 Å². The molecule has 1 saturated carbocycles. The van der Waals surface area contributed by atoms with Crippen LogP contribution in [0, 0.1) is 5.92 Å². The summed E-state index contributed by atoms with van der Waals surface area (Å²) in [6.45, 7) is 0.610. The van der Waals surface area contributed by atoms with Crippen LogP contribution in [-0.4, -0.2) is 36.2 Å². The summed E-state index contributed by atoms with van der Waals surface area (Å²) in [7, 11) is -3.17. The van der Waals surface area contributed by atoms with E-state index in [0.717, 1.165) is 24.8 Å². The molecule has 2 aliphatic rings. The number of sulfonamides is 1. The van der Waals surface area contributed by atoms with Gasteiger partial charge in [0.15, 0.2) is 0 Å². The summed E-state index contributed by atoms with van der Waals surface area (Å²) >= 11 is 0. The van der Waals surface area contributed by atoms with E-state index in [4.69, 9.17) is 0 Å². The van der Waals surface area contributed by atoms with Crippen LogP contribution >= 0.6 is 0 Å². The van der Waals surface area contributed by atoms with Crippen LogP contribution in [0.25, 0.3) is 0 Å². The van der Waals surface area contributed by atoms with Crippen LogP contribution in [0.2, 0.25) is 0 Å². The van der Waals surface area contributed by atoms with Gasteiger partial charge >= 0.3 is 0 Å². The van der Waals surface area contributed by atoms with Gasteiger partial charge in [-0.15, -0.1) is 0 Å². The van der Waals surface area contributed by atoms with Gasteiger partial charge in [-0.25, -0.2) is 8.42 Å². The highest BCUT2D eigenvalue weighted by atomic mass is 32.2. The highest BCUT2D eigenvalue weighted by Crippen LogP contribution is 2.34. The van der Waals surface area contributed by atoms with Crippen molar-refractivity contribution in [2.75, 3.05) is 12.3 Å². The molecular formula is C17H25NO3S. The van der Waals surface area contributed by atoms with Crippen LogP contribution in [-0.2, 0) is 10.0 Å². The Hall–Kier alpha value is -0.910. The first-order chi connectivity index (χ1) is 10.6. The molecule has 1 heterocycles. The fraction of sp³-hybridized carbons (Fsp3) is 0.647. The first-order valence-corrected chi connectivity index (χ1v) is 9.90. The quantitative estimate of drug-likeness (QED) is 0.839. The van der Waals surface area contributed by atoms with Crippen LogP contribution in [0.15, 0.2) is 30.3 Å². The lowest BCUT2D eigenvalue weighted by atomic mass is 10.0. The van der Waals surface area contributed by atoms with Gasteiger partial charge in [0.05, 0.1) is 11.9 Å². The Labute approximate surface area is 133 Å². The Morgan fingerprint density at radius 2 is 1.91 bits per heavy atom. The van der Waals surface area contributed by atoms with E-state index >= 15 is 0 Å². The Kier molecular flexibility index (Phi) is 4.85. The summed E-state index contributed by atoms with van der Waals surface area (Å²) in [6, 6.07) is 9.45. The van der Waals surface area contributed by atoms with Gasteiger partial charge in [0.1, 0.15) is 0 Å². The van der Waals surface area contributed by atoms with Gasteiger partial charge in [-0.2, -0.15) is 4.31 Å². The highest BCUT2D eigenvalue weighted by Gasteiger charge is 2.36. The number of benzene rings is 1. The minimum atomic E-state index is -3.17. The average molecular weight is 323 g/mol. The van der Waals surface area contributed by atoms with E-state index in [9.17, 15) is 13.5 Å². The molecule has 2 atom stereocenters. The largest absolute Gasteiger partial charge is 0.388 e. The van der Waals surface area contributed by atoms with Crippen LogP contribution in [0.1, 0.15) is 50.2 Å². The van der Waals surface area contributed by atoms with Gasteiger partial charge < -0.3 is 5.11 Å². The molecule has 3 rings (SSSR count). The third kappa shape index (κ3) is 3.89. The molecule has 1 saturated heterocycles. The van der Waals surface area contributed by atoms with Crippen molar-refractivity contribution in [3.05, 3.63) is 35.9 Å². The van der Waals surface area contributed by atoms with E-state index in [-0.39, 0.29) is 11.8 Å². The van der Waals surface area contributed by atoms with Crippen molar-refractivity contribution in [2.45, 2.75) is 50.7 Å². The zero-order valence-corrected chi connectivity index (χ0v) is 13.7. The molecule has 0 radical (unpaired) electrons. The maximum Gasteiger partial charge on any atom is 0.214 e. The number of hydrogen-bond donors (Lipinski definition) is 1. The summed E-state index contributed by atoms with van der Waals surface area (Å²) in [5.41, 5.74) is 0.865. The number of hydrogen-bond acceptors (Lipinski definition) is 3. The number of aliphatic hydroxyl groups is 1. The van der Waals surface area contributed by atoms with Gasteiger partial charge in [0.2, 0.25) is 10.0 Å². The standard InChI is InChI=1S/C17H25NO3S/c19-17(15-5-2-1-3-6-15)13-16-7-4-11-18(16)22(20,21)12-10-14-8-9-14/h1-3,5-6,14,16-17,19H,4,7-13H2. The molecule has 2 unspecified atom stereocenters. The Bertz CT molecular complexity index is 583. The van der Waals surface area contributed by atoms with Crippen LogP contribution in [0.5, 0.6) is 0 Å². The first-order valence-electron chi connectivity index (χ1n) is 8.29. The summed E-state index contributed by atoms with van der Waals surface area (Å²) in [6.07, 6.45) is 4.82. The molecule has 122 valence electrons. The minimum Gasteiger partial charge on any atom is -0.388 e. The van der Waals surface area contributed by atoms with E-state index in [1.54, 1.807) is 4.31 Å². The van der Waals surface area contributed by atoms with Crippen molar-refractivity contribution < 1.29 is 13.5 Å². The van der Waals surface area contributed by atoms with Gasteiger partial charge in [-0.05, 0) is 37.2 Å². The molecule has 1 aromatic rings. The predicted octanol–water partition coefficient (Wildman–Crippen LogP) is 2.70. The summed E-state index contributed by atoms with van der Waals surface area (Å²) < 4.78 is 26.7. The third-order valence-electron chi connectivity index (χ3n) is 4.84. The van der Waals surface area contributed by atoms with Gasteiger partial charge in [-0.3, -0.25) is 0 Å². The number of nitrogens with zero attached hydrogens (tertiary/aromatic N) is 1. The molecule has 1 aliphatic carbocycles. The lowest BCUT2D eigenvalue weighted by Gasteiger charge is -2.26. The molecule has 0 bridgehead atoms. The van der Waals surface area contributed by atoms with E-state index in [1.165, 1.54) is 12.8 Å². The van der Waals surface area contributed by atoms with Crippen LogP contribution < -0.4 is 0 Å². The minimum absolute atomic E-state index is 0.0561. The zero-order valence-electron chi connectivity index (χ0n) is 12.9. The zero-order chi connectivity index (χ0) is 15.6. The van der Waals surface area contributed by atoms with Crippen molar-refractivity contribution >= 4 is 10.0 Å². The fourth-order valence-electron chi connectivity index (χ4n) is 3.32. The Morgan fingerprint density at radius 3 is 2.59 bits per heavy atom. The van der Waals surface area contributed by atoms with Gasteiger partial charge in [0, 0.05) is 12.6 Å². The highest BCUT2D eigenvalue weighted by molar-refractivity contribution is 7.89. The first kappa shape index (κ1) is 16.0. The molecule has 5 heteroatoms. The molecule has 0 amide bonds. The lowest BCUT2D eigenvalue weighted by Crippen LogP contribution is -2.38.